The zero-order valence-electron chi connectivity index (χ0n) is 14.4. The first kappa shape index (κ1) is 16.8. The van der Waals surface area contributed by atoms with E-state index in [1.807, 2.05) is 0 Å². The summed E-state index contributed by atoms with van der Waals surface area (Å²) >= 11 is 0. The summed E-state index contributed by atoms with van der Waals surface area (Å²) in [5.74, 6) is 0.756. The molecule has 2 fully saturated rings. The van der Waals surface area contributed by atoms with Gasteiger partial charge in [0.25, 0.3) is 0 Å². The lowest BCUT2D eigenvalue weighted by Crippen LogP contribution is -2.44. The minimum absolute atomic E-state index is 0.307. The predicted octanol–water partition coefficient (Wildman–Crippen LogP) is 3.54. The van der Waals surface area contributed by atoms with Gasteiger partial charge in [0.2, 0.25) is 5.91 Å². The third kappa shape index (κ3) is 5.61. The first-order valence-corrected chi connectivity index (χ1v) is 8.97. The molecule has 0 aromatic heterocycles. The highest BCUT2D eigenvalue weighted by Gasteiger charge is 2.29. The summed E-state index contributed by atoms with van der Waals surface area (Å²) < 4.78 is 0. The average Bonchev–Trinajstić information content (AvgIpc) is 2.47. The first-order chi connectivity index (χ1) is 9.96. The molecule has 0 N–H and O–H groups in total. The lowest BCUT2D eigenvalue weighted by Gasteiger charge is -2.35. The van der Waals surface area contributed by atoms with Crippen molar-refractivity contribution in [1.82, 2.24) is 9.80 Å². The molecule has 122 valence electrons. The maximum atomic E-state index is 12.5. The van der Waals surface area contributed by atoms with E-state index in [1.54, 1.807) is 0 Å². The summed E-state index contributed by atoms with van der Waals surface area (Å²) in [6, 6.07) is 0. The lowest BCUT2D eigenvalue weighted by molar-refractivity contribution is -0.138. The number of rotatable bonds is 4. The standard InChI is InChI=1S/C18H34N2O/c1-18(2,3)10-7-11-19-14-8-16(9-15-19)17(21)20-12-5-4-6-13-20/h16H,4-15H2,1-3H3. The van der Waals surface area contributed by atoms with Crippen LogP contribution in [-0.2, 0) is 4.79 Å². The quantitative estimate of drug-likeness (QED) is 0.792. The molecule has 2 aliphatic heterocycles. The topological polar surface area (TPSA) is 23.6 Å². The molecule has 0 aromatic carbocycles. The molecule has 0 aromatic rings. The molecule has 0 spiro atoms. The minimum atomic E-state index is 0.307. The van der Waals surface area contributed by atoms with E-state index in [4.69, 9.17) is 0 Å². The van der Waals surface area contributed by atoms with Crippen molar-refractivity contribution in [3.8, 4) is 0 Å². The molecule has 3 heteroatoms. The van der Waals surface area contributed by atoms with Gasteiger partial charge in [0, 0.05) is 19.0 Å². The highest BCUT2D eigenvalue weighted by atomic mass is 16.2. The molecule has 0 unspecified atom stereocenters. The molecule has 0 aliphatic carbocycles. The molecule has 21 heavy (non-hydrogen) atoms. The number of piperidine rings is 2. The van der Waals surface area contributed by atoms with Crippen LogP contribution in [0.25, 0.3) is 0 Å². The van der Waals surface area contributed by atoms with E-state index in [0.717, 1.165) is 39.0 Å². The van der Waals surface area contributed by atoms with Gasteiger partial charge in [-0.15, -0.1) is 0 Å². The van der Waals surface area contributed by atoms with Crippen LogP contribution in [0, 0.1) is 11.3 Å². The van der Waals surface area contributed by atoms with Gasteiger partial charge in [-0.25, -0.2) is 0 Å². The van der Waals surface area contributed by atoms with Gasteiger partial charge in [-0.2, -0.15) is 0 Å². The zero-order valence-corrected chi connectivity index (χ0v) is 14.4. The summed E-state index contributed by atoms with van der Waals surface area (Å²) in [4.78, 5) is 17.2. The van der Waals surface area contributed by atoms with Crippen LogP contribution in [0.3, 0.4) is 0 Å². The van der Waals surface area contributed by atoms with E-state index >= 15 is 0 Å². The molecule has 2 rings (SSSR count). The number of hydrogen-bond donors (Lipinski definition) is 0. The Bertz CT molecular complexity index is 321. The second-order valence-electron chi connectivity index (χ2n) is 8.17. The third-order valence-electron chi connectivity index (χ3n) is 5.01. The van der Waals surface area contributed by atoms with E-state index in [9.17, 15) is 4.79 Å². The van der Waals surface area contributed by atoms with Crippen molar-refractivity contribution < 1.29 is 4.79 Å². The van der Waals surface area contributed by atoms with E-state index in [0.29, 0.717) is 17.2 Å². The molecule has 2 saturated heterocycles. The Labute approximate surface area is 131 Å². The van der Waals surface area contributed by atoms with Crippen LogP contribution in [-0.4, -0.2) is 48.4 Å². The molecule has 1 amide bonds. The Balaban J connectivity index is 1.66. The van der Waals surface area contributed by atoms with E-state index in [-0.39, 0.29) is 0 Å². The average molecular weight is 294 g/mol. The van der Waals surface area contributed by atoms with Gasteiger partial charge >= 0.3 is 0 Å². The Morgan fingerprint density at radius 1 is 1.00 bits per heavy atom. The van der Waals surface area contributed by atoms with Crippen molar-refractivity contribution in [3.63, 3.8) is 0 Å². The summed E-state index contributed by atoms with van der Waals surface area (Å²) in [6.07, 6.45) is 8.44. The van der Waals surface area contributed by atoms with Crippen molar-refractivity contribution >= 4 is 5.91 Å². The Morgan fingerprint density at radius 2 is 1.62 bits per heavy atom. The van der Waals surface area contributed by atoms with Gasteiger partial charge in [0.05, 0.1) is 0 Å². The van der Waals surface area contributed by atoms with Crippen LogP contribution in [0.2, 0.25) is 0 Å². The molecule has 0 radical (unpaired) electrons. The van der Waals surface area contributed by atoms with Gasteiger partial charge in [-0.3, -0.25) is 4.79 Å². The van der Waals surface area contributed by atoms with Crippen LogP contribution >= 0.6 is 0 Å². The van der Waals surface area contributed by atoms with E-state index in [1.165, 1.54) is 38.6 Å². The van der Waals surface area contributed by atoms with E-state index in [2.05, 4.69) is 30.6 Å². The fourth-order valence-electron chi connectivity index (χ4n) is 3.61. The van der Waals surface area contributed by atoms with Crippen molar-refractivity contribution in [1.29, 1.82) is 0 Å². The maximum Gasteiger partial charge on any atom is 0.225 e. The molecule has 3 nitrogen and oxygen atoms in total. The van der Waals surface area contributed by atoms with E-state index < -0.39 is 0 Å². The summed E-state index contributed by atoms with van der Waals surface area (Å²) in [7, 11) is 0. The fraction of sp³-hybridized carbons (Fsp3) is 0.944. The molecule has 0 saturated carbocycles. The first-order valence-electron chi connectivity index (χ1n) is 8.97. The summed E-state index contributed by atoms with van der Waals surface area (Å²) in [5, 5.41) is 0. The Kier molecular flexibility index (Phi) is 6.09. The van der Waals surface area contributed by atoms with Gasteiger partial charge in [-0.05, 0) is 70.0 Å². The fourth-order valence-corrected chi connectivity index (χ4v) is 3.61. The molecule has 0 atom stereocenters. The highest BCUT2D eigenvalue weighted by Crippen LogP contribution is 2.24. The van der Waals surface area contributed by atoms with Crippen LogP contribution in [0.5, 0.6) is 0 Å². The van der Waals surface area contributed by atoms with Crippen LogP contribution in [0.15, 0.2) is 0 Å². The number of likely N-dealkylation sites (tertiary alicyclic amines) is 2. The predicted molar refractivity (Wildman–Crippen MR) is 88.3 cm³/mol. The normalized spacial score (nSPS) is 22.5. The Morgan fingerprint density at radius 3 is 2.19 bits per heavy atom. The summed E-state index contributed by atoms with van der Waals surface area (Å²) in [5.41, 5.74) is 0.447. The Hall–Kier alpha value is -0.570. The van der Waals surface area contributed by atoms with Crippen molar-refractivity contribution in [2.75, 3.05) is 32.7 Å². The molecule has 2 heterocycles. The van der Waals surface area contributed by atoms with Gasteiger partial charge in [0.1, 0.15) is 0 Å². The lowest BCUT2D eigenvalue weighted by atomic mass is 9.90. The van der Waals surface area contributed by atoms with Crippen molar-refractivity contribution in [2.45, 2.75) is 65.7 Å². The maximum absolute atomic E-state index is 12.5. The van der Waals surface area contributed by atoms with Gasteiger partial charge in [-0.1, -0.05) is 20.8 Å². The molecule has 0 bridgehead atoms. The van der Waals surface area contributed by atoms with Crippen molar-refractivity contribution in [3.05, 3.63) is 0 Å². The number of amides is 1. The SMILES string of the molecule is CC(C)(C)CCCN1CCC(C(=O)N2CCCCC2)CC1. The molecular weight excluding hydrogens is 260 g/mol. The molecule has 2 aliphatic rings. The number of carbonyl (C=O) groups excluding carboxylic acids is 1. The highest BCUT2D eigenvalue weighted by molar-refractivity contribution is 5.79. The van der Waals surface area contributed by atoms with Crippen LogP contribution in [0.4, 0.5) is 0 Å². The third-order valence-corrected chi connectivity index (χ3v) is 5.01. The van der Waals surface area contributed by atoms with Crippen LogP contribution < -0.4 is 0 Å². The smallest absolute Gasteiger partial charge is 0.225 e. The summed E-state index contributed by atoms with van der Waals surface area (Å²) in [6.45, 7) is 12.4. The second-order valence-corrected chi connectivity index (χ2v) is 8.17. The van der Waals surface area contributed by atoms with Crippen LogP contribution in [0.1, 0.15) is 65.7 Å². The second kappa shape index (κ2) is 7.62. The van der Waals surface area contributed by atoms with Gasteiger partial charge in [0.15, 0.2) is 0 Å². The number of nitrogens with zero attached hydrogens (tertiary/aromatic N) is 2. The zero-order chi connectivity index (χ0) is 15.3. The number of carbonyl (C=O) groups is 1. The van der Waals surface area contributed by atoms with Gasteiger partial charge < -0.3 is 9.80 Å². The number of hydrogen-bond acceptors (Lipinski definition) is 2. The van der Waals surface area contributed by atoms with Crippen molar-refractivity contribution in [2.24, 2.45) is 11.3 Å². The largest absolute Gasteiger partial charge is 0.342 e. The monoisotopic (exact) mass is 294 g/mol. The minimum Gasteiger partial charge on any atom is -0.342 e. The molecular formula is C18H34N2O.